The molecule has 5 N–H and O–H groups in total. The summed E-state index contributed by atoms with van der Waals surface area (Å²) in [5.41, 5.74) is 11.1. The number of aldehydes is 1. The van der Waals surface area contributed by atoms with E-state index in [2.05, 4.69) is 20.2 Å². The standard InChI is InChI=1S/C6H6N2O2S.C5H4N4OS/c1-3(10)5-4(2-9)8-6(7)11-5;6-5-8-2-1-7-9-4(10)3(2)11-5/h2H,1H3,(H2,7,8);1H,(H2,6,8)(H,9,10). The van der Waals surface area contributed by atoms with Gasteiger partial charge in [-0.1, -0.05) is 22.7 Å². The van der Waals surface area contributed by atoms with Crippen LogP contribution in [0.3, 0.4) is 0 Å². The number of nitrogens with one attached hydrogen (secondary N) is 1. The number of ketones is 1. The molecule has 0 aliphatic heterocycles. The van der Waals surface area contributed by atoms with E-state index in [1.54, 1.807) is 0 Å². The molecule has 9 nitrogen and oxygen atoms in total. The van der Waals surface area contributed by atoms with Crippen LogP contribution in [0.25, 0.3) is 10.2 Å². The van der Waals surface area contributed by atoms with E-state index in [0.29, 0.717) is 26.5 Å². The van der Waals surface area contributed by atoms with Gasteiger partial charge in [0.25, 0.3) is 5.56 Å². The molecule has 0 radical (unpaired) electrons. The van der Waals surface area contributed by atoms with Crippen LogP contribution in [0.2, 0.25) is 0 Å². The first-order chi connectivity index (χ1) is 10.4. The fourth-order valence-corrected chi connectivity index (χ4v) is 2.87. The molecule has 3 heterocycles. The van der Waals surface area contributed by atoms with Crippen molar-refractivity contribution in [1.29, 1.82) is 0 Å². The molecule has 0 amide bonds. The summed E-state index contributed by atoms with van der Waals surface area (Å²) in [4.78, 5) is 39.9. The van der Waals surface area contributed by atoms with E-state index in [9.17, 15) is 14.4 Å². The van der Waals surface area contributed by atoms with Crippen molar-refractivity contribution in [2.45, 2.75) is 6.92 Å². The highest BCUT2D eigenvalue weighted by Gasteiger charge is 2.11. The van der Waals surface area contributed by atoms with Gasteiger partial charge in [0, 0.05) is 6.92 Å². The average molecular weight is 338 g/mol. The molecular formula is C11H10N6O3S2. The molecule has 0 bridgehead atoms. The third-order valence-electron chi connectivity index (χ3n) is 2.33. The smallest absolute Gasteiger partial charge is 0.283 e. The van der Waals surface area contributed by atoms with Crippen molar-refractivity contribution in [3.8, 4) is 0 Å². The number of nitrogens with zero attached hydrogens (tertiary/aromatic N) is 3. The molecule has 3 aromatic rings. The molecule has 11 heteroatoms. The maximum atomic E-state index is 11.0. The molecule has 0 saturated heterocycles. The average Bonchev–Trinajstić information content (AvgIpc) is 3.02. The number of fused-ring (bicyclic) bond motifs is 1. The molecule has 0 spiro atoms. The van der Waals surface area contributed by atoms with Crippen molar-refractivity contribution in [3.05, 3.63) is 27.1 Å². The number of aromatic amines is 1. The Hall–Kier alpha value is -2.66. The van der Waals surface area contributed by atoms with E-state index in [4.69, 9.17) is 11.5 Å². The molecule has 0 aromatic carbocycles. The molecule has 3 aromatic heterocycles. The number of nitrogens with two attached hydrogens (primary N) is 2. The highest BCUT2D eigenvalue weighted by Crippen LogP contribution is 2.19. The topological polar surface area (TPSA) is 158 Å². The summed E-state index contributed by atoms with van der Waals surface area (Å²) in [6, 6.07) is 0. The van der Waals surface area contributed by atoms with E-state index in [1.165, 1.54) is 13.1 Å². The van der Waals surface area contributed by atoms with Gasteiger partial charge in [0.1, 0.15) is 20.8 Å². The van der Waals surface area contributed by atoms with Gasteiger partial charge in [0.05, 0.1) is 6.20 Å². The number of hydrogen-bond acceptors (Lipinski definition) is 10. The second kappa shape index (κ2) is 6.41. The summed E-state index contributed by atoms with van der Waals surface area (Å²) in [6.45, 7) is 1.37. The Bertz CT molecular complexity index is 897. The Kier molecular flexibility index (Phi) is 4.58. The predicted molar refractivity (Wildman–Crippen MR) is 84.4 cm³/mol. The Morgan fingerprint density at radius 1 is 1.27 bits per heavy atom. The van der Waals surface area contributed by atoms with Crippen molar-refractivity contribution < 1.29 is 9.59 Å². The minimum atomic E-state index is -0.239. The van der Waals surface area contributed by atoms with Gasteiger partial charge in [-0.25, -0.2) is 15.1 Å². The molecule has 3 rings (SSSR count). The van der Waals surface area contributed by atoms with Crippen LogP contribution in [0.15, 0.2) is 11.0 Å². The lowest BCUT2D eigenvalue weighted by atomic mass is 10.3. The maximum absolute atomic E-state index is 11.0. The van der Waals surface area contributed by atoms with Crippen molar-refractivity contribution in [2.24, 2.45) is 0 Å². The second-order valence-corrected chi connectivity index (χ2v) is 5.97. The van der Waals surface area contributed by atoms with Crippen LogP contribution in [-0.2, 0) is 0 Å². The van der Waals surface area contributed by atoms with Gasteiger partial charge < -0.3 is 11.5 Å². The zero-order chi connectivity index (χ0) is 16.3. The summed E-state index contributed by atoms with van der Waals surface area (Å²) >= 11 is 2.19. The predicted octanol–water partition coefficient (Wildman–Crippen LogP) is 0.702. The number of hydrogen-bond donors (Lipinski definition) is 3. The largest absolute Gasteiger partial charge is 0.375 e. The molecule has 0 unspecified atom stereocenters. The molecule has 0 aliphatic carbocycles. The lowest BCUT2D eigenvalue weighted by molar-refractivity contribution is 0.101. The first-order valence-corrected chi connectivity index (χ1v) is 7.37. The van der Waals surface area contributed by atoms with Crippen molar-refractivity contribution >= 4 is 55.2 Å². The van der Waals surface area contributed by atoms with Gasteiger partial charge in [-0.2, -0.15) is 5.10 Å². The monoisotopic (exact) mass is 338 g/mol. The van der Waals surface area contributed by atoms with Crippen LogP contribution in [-0.4, -0.2) is 32.2 Å². The summed E-state index contributed by atoms with van der Waals surface area (Å²) < 4.78 is 0.525. The zero-order valence-electron chi connectivity index (χ0n) is 11.2. The number of nitrogen functional groups attached to an aromatic ring is 2. The normalized spacial score (nSPS) is 10.0. The minimum absolute atomic E-state index is 0.139. The number of Topliss-reactive ketones (excluding diaryl/α,β-unsaturated/α-hetero) is 1. The molecule has 0 fully saturated rings. The fourth-order valence-electron chi connectivity index (χ4n) is 1.48. The summed E-state index contributed by atoms with van der Waals surface area (Å²) in [6.07, 6.45) is 2.01. The molecular weight excluding hydrogens is 328 g/mol. The SMILES string of the molecule is CC(=O)c1sc(N)nc1C=O.Nc1nc2cn[nH]c(=O)c2s1. The molecule has 0 saturated carbocycles. The van der Waals surface area contributed by atoms with Gasteiger partial charge in [-0.05, 0) is 0 Å². The molecule has 0 atom stereocenters. The Morgan fingerprint density at radius 3 is 2.50 bits per heavy atom. The lowest BCUT2D eigenvalue weighted by Crippen LogP contribution is -2.04. The van der Waals surface area contributed by atoms with Gasteiger partial charge in [-0.3, -0.25) is 14.4 Å². The number of thiazole rings is 2. The molecule has 0 aliphatic rings. The van der Waals surface area contributed by atoms with Crippen LogP contribution in [0.1, 0.15) is 27.1 Å². The summed E-state index contributed by atoms with van der Waals surface area (Å²) in [7, 11) is 0. The van der Waals surface area contributed by atoms with Crippen molar-refractivity contribution in [2.75, 3.05) is 11.5 Å². The van der Waals surface area contributed by atoms with Gasteiger partial charge in [-0.15, -0.1) is 0 Å². The Balaban J connectivity index is 0.000000160. The van der Waals surface area contributed by atoms with Crippen LogP contribution in [0.4, 0.5) is 10.3 Å². The van der Waals surface area contributed by atoms with E-state index >= 15 is 0 Å². The van der Waals surface area contributed by atoms with Crippen molar-refractivity contribution in [3.63, 3.8) is 0 Å². The number of carbonyl (C=O) groups excluding carboxylic acids is 2. The van der Waals surface area contributed by atoms with Crippen LogP contribution in [0, 0.1) is 0 Å². The first-order valence-electron chi connectivity index (χ1n) is 5.74. The third kappa shape index (κ3) is 3.32. The number of aromatic nitrogens is 4. The van der Waals surface area contributed by atoms with E-state index in [-0.39, 0.29) is 22.2 Å². The molecule has 114 valence electrons. The zero-order valence-corrected chi connectivity index (χ0v) is 12.8. The summed E-state index contributed by atoms with van der Waals surface area (Å²) in [5.74, 6) is -0.179. The Morgan fingerprint density at radius 2 is 1.95 bits per heavy atom. The number of H-pyrrole nitrogens is 1. The fraction of sp³-hybridized carbons (Fsp3) is 0.0909. The second-order valence-electron chi connectivity index (χ2n) is 3.91. The number of carbonyl (C=O) groups is 2. The first kappa shape index (κ1) is 15.7. The highest BCUT2D eigenvalue weighted by atomic mass is 32.1. The Labute approximate surface area is 131 Å². The molecule has 22 heavy (non-hydrogen) atoms. The lowest BCUT2D eigenvalue weighted by Gasteiger charge is -1.84. The van der Waals surface area contributed by atoms with Gasteiger partial charge in [0.2, 0.25) is 0 Å². The van der Waals surface area contributed by atoms with Gasteiger partial charge >= 0.3 is 0 Å². The number of rotatable bonds is 2. The number of anilines is 2. The van der Waals surface area contributed by atoms with E-state index in [0.717, 1.165) is 22.7 Å². The van der Waals surface area contributed by atoms with Crippen LogP contribution >= 0.6 is 22.7 Å². The third-order valence-corrected chi connectivity index (χ3v) is 4.23. The summed E-state index contributed by atoms with van der Waals surface area (Å²) in [5, 5.41) is 6.51. The van der Waals surface area contributed by atoms with E-state index < -0.39 is 0 Å². The van der Waals surface area contributed by atoms with Gasteiger partial charge in [0.15, 0.2) is 22.3 Å². The highest BCUT2D eigenvalue weighted by molar-refractivity contribution is 7.22. The quantitative estimate of drug-likeness (QED) is 0.455. The van der Waals surface area contributed by atoms with E-state index in [1.807, 2.05) is 0 Å². The van der Waals surface area contributed by atoms with Crippen LogP contribution < -0.4 is 17.0 Å². The van der Waals surface area contributed by atoms with Crippen LogP contribution in [0.5, 0.6) is 0 Å². The van der Waals surface area contributed by atoms with Crippen molar-refractivity contribution in [1.82, 2.24) is 20.2 Å². The maximum Gasteiger partial charge on any atom is 0.283 e. The minimum Gasteiger partial charge on any atom is -0.375 e.